The van der Waals surface area contributed by atoms with Crippen LogP contribution in [-0.4, -0.2) is 64.9 Å². The number of para-hydroxylation sites is 1. The molecule has 10 heteroatoms. The van der Waals surface area contributed by atoms with Crippen LogP contribution in [0.4, 0.5) is 5.69 Å². The third-order valence-corrected chi connectivity index (χ3v) is 7.45. The Labute approximate surface area is 254 Å². The van der Waals surface area contributed by atoms with Gasteiger partial charge in [-0.15, -0.1) is 5.10 Å². The molecule has 2 aromatic carbocycles. The number of carbonyl (C=O) groups is 3. The van der Waals surface area contributed by atoms with Crippen molar-refractivity contribution in [2.24, 2.45) is 5.92 Å². The van der Waals surface area contributed by atoms with Gasteiger partial charge in [0.2, 0.25) is 11.8 Å². The molecule has 1 aliphatic rings. The lowest BCUT2D eigenvalue weighted by Crippen LogP contribution is -2.33. The van der Waals surface area contributed by atoms with Crippen molar-refractivity contribution in [2.45, 2.75) is 72.5 Å². The van der Waals surface area contributed by atoms with Gasteiger partial charge in [0.15, 0.2) is 0 Å². The maximum absolute atomic E-state index is 13.7. The van der Waals surface area contributed by atoms with E-state index in [1.165, 1.54) is 0 Å². The molecule has 0 saturated carbocycles. The quantitative estimate of drug-likeness (QED) is 0.253. The summed E-state index contributed by atoms with van der Waals surface area (Å²) in [6, 6.07) is 16.2. The van der Waals surface area contributed by atoms with Crippen LogP contribution in [0.2, 0.25) is 0 Å². The first-order valence-corrected chi connectivity index (χ1v) is 15.3. The fourth-order valence-corrected chi connectivity index (χ4v) is 5.06. The van der Waals surface area contributed by atoms with Gasteiger partial charge < -0.3 is 20.3 Å². The van der Waals surface area contributed by atoms with Crippen LogP contribution < -0.4 is 15.5 Å². The minimum atomic E-state index is -0.177. The molecule has 230 valence electrons. The minimum Gasteiger partial charge on any atom is -0.381 e. The number of Topliss-reactive ketones (excluding diaryl/α,β-unsaturated/α-hetero) is 1. The summed E-state index contributed by atoms with van der Waals surface area (Å²) in [6.45, 7) is 11.1. The van der Waals surface area contributed by atoms with E-state index in [4.69, 9.17) is 4.74 Å². The van der Waals surface area contributed by atoms with Gasteiger partial charge in [-0.2, -0.15) is 0 Å². The number of ether oxygens (including phenoxy) is 1. The van der Waals surface area contributed by atoms with Crippen LogP contribution >= 0.6 is 0 Å². The molecule has 2 N–H and O–H groups in total. The van der Waals surface area contributed by atoms with Crippen LogP contribution in [0.1, 0.15) is 58.9 Å². The van der Waals surface area contributed by atoms with Gasteiger partial charge in [0.05, 0.1) is 31.1 Å². The minimum absolute atomic E-state index is 0.0166. The topological polar surface area (TPSA) is 118 Å². The molecule has 0 unspecified atom stereocenters. The molecule has 0 bridgehead atoms. The van der Waals surface area contributed by atoms with Gasteiger partial charge in [-0.05, 0) is 18.1 Å². The molecule has 2 amide bonds. The van der Waals surface area contributed by atoms with Gasteiger partial charge in [-0.3, -0.25) is 14.4 Å². The number of aromatic nitrogens is 3. The van der Waals surface area contributed by atoms with Gasteiger partial charge in [-0.25, -0.2) is 4.68 Å². The molecule has 0 saturated heterocycles. The normalized spacial score (nSPS) is 12.4. The van der Waals surface area contributed by atoms with E-state index >= 15 is 0 Å². The summed E-state index contributed by atoms with van der Waals surface area (Å²) in [5.41, 5.74) is 5.25. The summed E-state index contributed by atoms with van der Waals surface area (Å²) in [7, 11) is 0. The number of carbonyl (C=O) groups excluding carboxylic acids is 3. The van der Waals surface area contributed by atoms with E-state index in [1.54, 1.807) is 4.90 Å². The zero-order chi connectivity index (χ0) is 30.8. The van der Waals surface area contributed by atoms with Gasteiger partial charge in [-0.1, -0.05) is 75.4 Å². The Balaban J connectivity index is 1.41. The Hall–Kier alpha value is -3.89. The summed E-state index contributed by atoms with van der Waals surface area (Å²) in [5.74, 6) is -0.106. The molecular weight excluding hydrogens is 544 g/mol. The summed E-state index contributed by atoms with van der Waals surface area (Å²) in [5, 5.41) is 15.4. The lowest BCUT2D eigenvalue weighted by molar-refractivity contribution is -0.125. The first-order chi connectivity index (χ1) is 20.8. The number of rotatable bonds is 15. The van der Waals surface area contributed by atoms with E-state index in [0.29, 0.717) is 51.7 Å². The third-order valence-electron chi connectivity index (χ3n) is 7.45. The van der Waals surface area contributed by atoms with Gasteiger partial charge >= 0.3 is 0 Å². The second-order valence-corrected chi connectivity index (χ2v) is 11.5. The van der Waals surface area contributed by atoms with Crippen molar-refractivity contribution in [1.82, 2.24) is 25.6 Å². The van der Waals surface area contributed by atoms with Crippen LogP contribution in [0.5, 0.6) is 0 Å². The summed E-state index contributed by atoms with van der Waals surface area (Å²) in [4.78, 5) is 39.6. The van der Waals surface area contributed by atoms with Crippen LogP contribution in [-0.2, 0) is 32.2 Å². The van der Waals surface area contributed by atoms with Gasteiger partial charge in [0.1, 0.15) is 11.5 Å². The summed E-state index contributed by atoms with van der Waals surface area (Å²) in [6.07, 6.45) is 1.22. The molecule has 0 atom stereocenters. The molecule has 0 radical (unpaired) electrons. The molecule has 43 heavy (non-hydrogen) atoms. The van der Waals surface area contributed by atoms with E-state index in [-0.39, 0.29) is 36.4 Å². The number of ketones is 1. The van der Waals surface area contributed by atoms with Crippen molar-refractivity contribution in [1.29, 1.82) is 0 Å². The third kappa shape index (κ3) is 8.58. The van der Waals surface area contributed by atoms with Crippen LogP contribution in [0.25, 0.3) is 22.5 Å². The number of nitrogens with zero attached hydrogens (tertiary/aromatic N) is 4. The Morgan fingerprint density at radius 3 is 2.42 bits per heavy atom. The number of anilines is 1. The lowest BCUT2D eigenvalue weighted by atomic mass is 9.95. The van der Waals surface area contributed by atoms with Crippen molar-refractivity contribution in [3.05, 3.63) is 54.1 Å². The summed E-state index contributed by atoms with van der Waals surface area (Å²) < 4.78 is 7.45. The molecule has 0 aliphatic carbocycles. The summed E-state index contributed by atoms with van der Waals surface area (Å²) >= 11 is 0. The highest BCUT2D eigenvalue weighted by atomic mass is 16.5. The average Bonchev–Trinajstić information content (AvgIpc) is 3.40. The Kier molecular flexibility index (Phi) is 11.6. The van der Waals surface area contributed by atoms with E-state index < -0.39 is 0 Å². The van der Waals surface area contributed by atoms with E-state index in [2.05, 4.69) is 40.9 Å². The smallest absolute Gasteiger partial charge is 0.227 e. The van der Waals surface area contributed by atoms with Crippen LogP contribution in [0.3, 0.4) is 0 Å². The standard InChI is InChI=1S/C33H44N6O4/c1-23(2)29(40)16-21-43-20-9-17-35-30(41)14-15-31(42)38-22-25-10-5-6-11-26(25)33-32(27-12-7-8-13-28(27)38)36-37-39(33)19-18-34-24(3)4/h5-8,10-13,23-24,34H,9,14-22H2,1-4H3,(H,35,41). The number of nitrogens with one attached hydrogen (secondary N) is 2. The van der Waals surface area contributed by atoms with Gasteiger partial charge in [0, 0.05) is 62.0 Å². The number of benzene rings is 2. The monoisotopic (exact) mass is 588 g/mol. The largest absolute Gasteiger partial charge is 0.381 e. The fourth-order valence-electron chi connectivity index (χ4n) is 5.06. The zero-order valence-corrected chi connectivity index (χ0v) is 25.8. The number of fused-ring (bicyclic) bond motifs is 5. The lowest BCUT2D eigenvalue weighted by Gasteiger charge is -2.28. The second-order valence-electron chi connectivity index (χ2n) is 11.5. The number of amides is 2. The van der Waals surface area contributed by atoms with Crippen LogP contribution in [0, 0.1) is 5.92 Å². The predicted molar refractivity (Wildman–Crippen MR) is 167 cm³/mol. The van der Waals surface area contributed by atoms with Crippen LogP contribution in [0.15, 0.2) is 48.5 Å². The SMILES string of the molecule is CC(C)NCCn1nnc2c1-c1ccccc1CN(C(=O)CCC(=O)NCCCOCCC(=O)C(C)C)c1ccccc1-2. The molecule has 0 fully saturated rings. The highest BCUT2D eigenvalue weighted by Crippen LogP contribution is 2.41. The van der Waals surface area contributed by atoms with E-state index in [1.807, 2.05) is 61.0 Å². The molecule has 3 aromatic rings. The molecule has 2 heterocycles. The highest BCUT2D eigenvalue weighted by molar-refractivity contribution is 6.01. The van der Waals surface area contributed by atoms with Crippen molar-refractivity contribution in [3.8, 4) is 22.5 Å². The Bertz CT molecular complexity index is 1400. The number of hydrogen-bond donors (Lipinski definition) is 2. The zero-order valence-electron chi connectivity index (χ0n) is 25.8. The first-order valence-electron chi connectivity index (χ1n) is 15.3. The van der Waals surface area contributed by atoms with Crippen molar-refractivity contribution < 1.29 is 19.1 Å². The number of hydrogen-bond acceptors (Lipinski definition) is 7. The van der Waals surface area contributed by atoms with Crippen molar-refractivity contribution in [3.63, 3.8) is 0 Å². The second kappa shape index (κ2) is 15.5. The maximum atomic E-state index is 13.7. The van der Waals surface area contributed by atoms with Gasteiger partial charge in [0.25, 0.3) is 0 Å². The predicted octanol–water partition coefficient (Wildman–Crippen LogP) is 4.38. The Morgan fingerprint density at radius 2 is 1.65 bits per heavy atom. The Morgan fingerprint density at radius 1 is 0.907 bits per heavy atom. The highest BCUT2D eigenvalue weighted by Gasteiger charge is 2.29. The fraction of sp³-hybridized carbons (Fsp3) is 0.485. The average molecular weight is 589 g/mol. The first kappa shape index (κ1) is 32.0. The molecule has 10 nitrogen and oxygen atoms in total. The molecule has 1 aliphatic heterocycles. The van der Waals surface area contributed by atoms with E-state index in [9.17, 15) is 14.4 Å². The maximum Gasteiger partial charge on any atom is 0.227 e. The molecule has 1 aromatic heterocycles. The van der Waals surface area contributed by atoms with E-state index in [0.717, 1.165) is 40.3 Å². The molecule has 0 spiro atoms. The molecule has 4 rings (SSSR count). The van der Waals surface area contributed by atoms with Crippen molar-refractivity contribution >= 4 is 23.3 Å². The van der Waals surface area contributed by atoms with Crippen molar-refractivity contribution in [2.75, 3.05) is 31.2 Å². The molecular formula is C33H44N6O4.